The van der Waals surface area contributed by atoms with E-state index in [1.165, 1.54) is 43.5 Å². The second kappa shape index (κ2) is 24.4. The Morgan fingerprint density at radius 3 is 2.55 bits per heavy atom. The summed E-state index contributed by atoms with van der Waals surface area (Å²) >= 11 is 0. The van der Waals surface area contributed by atoms with Crippen molar-refractivity contribution in [2.45, 2.75) is 93.5 Å². The molecule has 0 radical (unpaired) electrons. The molecule has 2 aliphatic rings. The molecule has 3 rings (SSSR count). The summed E-state index contributed by atoms with van der Waals surface area (Å²) < 4.78 is 0. The first-order chi connectivity index (χ1) is 16.9. The van der Waals surface area contributed by atoms with Gasteiger partial charge < -0.3 is 22.1 Å². The molecule has 0 bridgehead atoms. The van der Waals surface area contributed by atoms with E-state index in [1.54, 1.807) is 0 Å². The van der Waals surface area contributed by atoms with Gasteiger partial charge in [-0.1, -0.05) is 90.5 Å². The molecule has 0 spiro atoms. The molecule has 1 saturated heterocycles. The molecule has 6 heteroatoms. The van der Waals surface area contributed by atoms with Crippen LogP contribution in [0.2, 0.25) is 0 Å². The van der Waals surface area contributed by atoms with Crippen molar-refractivity contribution in [1.82, 2.24) is 16.0 Å². The number of likely N-dealkylation sites (tertiary alicyclic amines) is 1. The molecule has 222 valence electrons. The number of piperidine rings is 1. The van der Waals surface area contributed by atoms with Crippen LogP contribution < -0.4 is 17.2 Å². The van der Waals surface area contributed by atoms with Crippen LogP contribution in [0, 0.1) is 17.8 Å². The largest absolute Gasteiger partial charge is 0.373 e. The fraction of sp³-hybridized carbons (Fsp3) is 0.656. The monoisotopic (exact) mass is 549 g/mol. The smallest absolute Gasteiger partial charge is 0.128 e. The summed E-state index contributed by atoms with van der Waals surface area (Å²) in [5.41, 5.74) is 9.16. The van der Waals surface area contributed by atoms with E-state index in [0.29, 0.717) is 5.92 Å². The number of pyridine rings is 1. The number of nitrogens with zero attached hydrogens (tertiary/aromatic N) is 2. The van der Waals surface area contributed by atoms with Crippen molar-refractivity contribution in [1.29, 1.82) is 0 Å². The van der Waals surface area contributed by atoms with Gasteiger partial charge in [-0.15, -0.1) is 0 Å². The van der Waals surface area contributed by atoms with Gasteiger partial charge in [-0.05, 0) is 69.0 Å². The van der Waals surface area contributed by atoms with E-state index >= 15 is 0 Å². The SMILES string of the molecule is C.C/C(=C\CC(N)CN1CCCC(C(C)C)C1)C1C=CC=CC1.CC.CCCc1cccnc1NC.N.S. The maximum absolute atomic E-state index is 6.39. The van der Waals surface area contributed by atoms with Crippen LogP contribution in [-0.4, -0.2) is 42.6 Å². The molecule has 3 atom stereocenters. The molecule has 2 heterocycles. The van der Waals surface area contributed by atoms with E-state index in [4.69, 9.17) is 5.73 Å². The van der Waals surface area contributed by atoms with Gasteiger partial charge >= 0.3 is 0 Å². The zero-order chi connectivity index (χ0) is 26.1. The lowest BCUT2D eigenvalue weighted by Gasteiger charge is -2.36. The average molecular weight is 550 g/mol. The Morgan fingerprint density at radius 2 is 1.97 bits per heavy atom. The lowest BCUT2D eigenvalue weighted by Crippen LogP contribution is -2.43. The van der Waals surface area contributed by atoms with Gasteiger partial charge in [-0.3, -0.25) is 0 Å². The van der Waals surface area contributed by atoms with Crippen LogP contribution >= 0.6 is 13.5 Å². The van der Waals surface area contributed by atoms with Gasteiger partial charge in [0, 0.05) is 38.3 Å². The van der Waals surface area contributed by atoms with Crippen molar-refractivity contribution in [2.75, 3.05) is 32.0 Å². The minimum absolute atomic E-state index is 0. The molecule has 3 unspecified atom stereocenters. The zero-order valence-electron chi connectivity index (χ0n) is 25.0. The Hall–Kier alpha value is -1.60. The standard InChI is InChI=1S/C20H34N2.C9H14N2.C2H6.CH4.H3N.H2S/c1-16(2)19-10-7-13-22(14-19)15-20(21)12-11-17(3)18-8-5-4-6-9-18;1-3-5-8-6-4-7-11-9(8)10-2;1-2;;;/h4-6,8,11,16,18-20H,7,9-10,12-15,21H2,1-3H3;4,6-7H,3,5H2,1-2H3,(H,10,11);1-2H3;1H4;1H3;1H2/b17-11+;;;;;. The summed E-state index contributed by atoms with van der Waals surface area (Å²) in [5, 5.41) is 3.07. The van der Waals surface area contributed by atoms with Crippen molar-refractivity contribution in [3.63, 3.8) is 0 Å². The van der Waals surface area contributed by atoms with Crippen LogP contribution in [0.1, 0.15) is 86.6 Å². The lowest BCUT2D eigenvalue weighted by molar-refractivity contribution is 0.139. The highest BCUT2D eigenvalue weighted by Crippen LogP contribution is 2.24. The van der Waals surface area contributed by atoms with Crippen LogP contribution in [0.25, 0.3) is 0 Å². The third-order valence-electron chi connectivity index (χ3n) is 6.93. The predicted octanol–water partition coefficient (Wildman–Crippen LogP) is 8.16. The fourth-order valence-electron chi connectivity index (χ4n) is 4.75. The summed E-state index contributed by atoms with van der Waals surface area (Å²) in [6, 6.07) is 4.36. The number of aryl methyl sites for hydroxylation is 1. The van der Waals surface area contributed by atoms with E-state index in [-0.39, 0.29) is 33.1 Å². The number of rotatable bonds is 9. The van der Waals surface area contributed by atoms with E-state index in [0.717, 1.165) is 43.5 Å². The number of hydrogen-bond donors (Lipinski definition) is 3. The average Bonchev–Trinajstić information content (AvgIpc) is 2.90. The molecule has 1 aliphatic heterocycles. The topological polar surface area (TPSA) is 89.2 Å². The van der Waals surface area contributed by atoms with Crippen LogP contribution in [-0.2, 0) is 6.42 Å². The van der Waals surface area contributed by atoms with Crippen molar-refractivity contribution in [3.05, 3.63) is 59.8 Å². The maximum atomic E-state index is 6.39. The van der Waals surface area contributed by atoms with E-state index in [1.807, 2.05) is 33.2 Å². The summed E-state index contributed by atoms with van der Waals surface area (Å²) in [6.45, 7) is 16.6. The molecule has 1 fully saturated rings. The van der Waals surface area contributed by atoms with E-state index < -0.39 is 0 Å². The normalized spacial score (nSPS) is 19.3. The number of allylic oxidation sites excluding steroid dienone is 5. The second-order valence-corrected chi connectivity index (χ2v) is 10.0. The minimum Gasteiger partial charge on any atom is -0.373 e. The molecule has 38 heavy (non-hydrogen) atoms. The summed E-state index contributed by atoms with van der Waals surface area (Å²) in [5.74, 6) is 3.25. The lowest BCUT2D eigenvalue weighted by atomic mass is 9.87. The maximum Gasteiger partial charge on any atom is 0.128 e. The first-order valence-electron chi connectivity index (χ1n) is 14.0. The number of anilines is 1. The van der Waals surface area contributed by atoms with Crippen molar-refractivity contribution < 1.29 is 0 Å². The highest BCUT2D eigenvalue weighted by Gasteiger charge is 2.23. The van der Waals surface area contributed by atoms with E-state index in [9.17, 15) is 0 Å². The second-order valence-electron chi connectivity index (χ2n) is 10.0. The molecular weight excluding hydrogens is 486 g/mol. The third kappa shape index (κ3) is 15.7. The van der Waals surface area contributed by atoms with Crippen LogP contribution in [0.15, 0.2) is 54.3 Å². The highest BCUT2D eigenvalue weighted by molar-refractivity contribution is 7.59. The molecule has 0 amide bonds. The van der Waals surface area contributed by atoms with Gasteiger partial charge in [-0.2, -0.15) is 13.5 Å². The Labute approximate surface area is 243 Å². The highest BCUT2D eigenvalue weighted by atomic mass is 32.1. The fourth-order valence-corrected chi connectivity index (χ4v) is 4.75. The molecular formula is C32H63N5S. The Bertz CT molecular complexity index is 775. The van der Waals surface area contributed by atoms with Gasteiger partial charge in [0.25, 0.3) is 0 Å². The Morgan fingerprint density at radius 1 is 1.26 bits per heavy atom. The van der Waals surface area contributed by atoms with Crippen LogP contribution in [0.5, 0.6) is 0 Å². The van der Waals surface area contributed by atoms with E-state index in [2.05, 4.69) is 79.3 Å². The molecule has 5 nitrogen and oxygen atoms in total. The Balaban J connectivity index is -0.000000655. The number of aromatic nitrogens is 1. The molecule has 6 N–H and O–H groups in total. The van der Waals surface area contributed by atoms with Gasteiger partial charge in [0.15, 0.2) is 0 Å². The number of hydrogen-bond acceptors (Lipinski definition) is 5. The number of nitrogens with two attached hydrogens (primary N) is 1. The van der Waals surface area contributed by atoms with Gasteiger partial charge in [0.1, 0.15) is 5.82 Å². The predicted molar refractivity (Wildman–Crippen MR) is 178 cm³/mol. The third-order valence-corrected chi connectivity index (χ3v) is 6.93. The van der Waals surface area contributed by atoms with Gasteiger partial charge in [0.2, 0.25) is 0 Å². The van der Waals surface area contributed by atoms with Gasteiger partial charge in [-0.25, -0.2) is 4.98 Å². The Kier molecular flexibility index (Phi) is 26.3. The molecule has 1 aliphatic carbocycles. The summed E-state index contributed by atoms with van der Waals surface area (Å²) in [4.78, 5) is 6.79. The summed E-state index contributed by atoms with van der Waals surface area (Å²) in [7, 11) is 1.90. The van der Waals surface area contributed by atoms with Gasteiger partial charge in [0.05, 0.1) is 0 Å². The quantitative estimate of drug-likeness (QED) is 0.270. The van der Waals surface area contributed by atoms with Crippen molar-refractivity contribution in [3.8, 4) is 0 Å². The number of nitrogens with one attached hydrogen (secondary N) is 1. The molecule has 1 aromatic heterocycles. The van der Waals surface area contributed by atoms with Crippen molar-refractivity contribution in [2.24, 2.45) is 23.5 Å². The summed E-state index contributed by atoms with van der Waals surface area (Å²) in [6.07, 6.45) is 20.2. The molecule has 1 aromatic rings. The van der Waals surface area contributed by atoms with Crippen LogP contribution in [0.4, 0.5) is 5.82 Å². The van der Waals surface area contributed by atoms with Crippen molar-refractivity contribution >= 4 is 19.3 Å². The zero-order valence-corrected chi connectivity index (χ0v) is 26.0. The molecule has 0 saturated carbocycles. The minimum atomic E-state index is 0. The van der Waals surface area contributed by atoms with Crippen LogP contribution in [0.3, 0.4) is 0 Å². The first kappa shape index (κ1) is 40.9. The molecule has 0 aromatic carbocycles. The first-order valence-corrected chi connectivity index (χ1v) is 14.0.